The molecule has 88 valence electrons. The molecule has 0 saturated carbocycles. The van der Waals surface area contributed by atoms with Crippen LogP contribution in [0.5, 0.6) is 0 Å². The summed E-state index contributed by atoms with van der Waals surface area (Å²) in [6.07, 6.45) is 2.64. The van der Waals surface area contributed by atoms with E-state index in [1.54, 1.807) is 0 Å². The quantitative estimate of drug-likeness (QED) is 0.850. The van der Waals surface area contributed by atoms with Crippen molar-refractivity contribution in [3.63, 3.8) is 0 Å². The van der Waals surface area contributed by atoms with Crippen LogP contribution in [0, 0.1) is 5.82 Å². The second-order valence-corrected chi connectivity index (χ2v) is 4.16. The summed E-state index contributed by atoms with van der Waals surface area (Å²) in [6, 6.07) is 5.90. The van der Waals surface area contributed by atoms with Gasteiger partial charge in [0.1, 0.15) is 5.82 Å². The molecular formula is C13H18FNO. The average Bonchev–Trinajstić information content (AvgIpc) is 2.33. The molecule has 16 heavy (non-hydrogen) atoms. The van der Waals surface area contributed by atoms with Gasteiger partial charge in [-0.1, -0.05) is 19.1 Å². The van der Waals surface area contributed by atoms with Crippen molar-refractivity contribution in [2.24, 2.45) is 0 Å². The summed E-state index contributed by atoms with van der Waals surface area (Å²) >= 11 is 0. The van der Waals surface area contributed by atoms with Crippen LogP contribution in [0.1, 0.15) is 25.3 Å². The molecule has 1 saturated heterocycles. The fraction of sp³-hybridized carbons (Fsp3) is 0.538. The summed E-state index contributed by atoms with van der Waals surface area (Å²) in [6.45, 7) is 3.51. The minimum atomic E-state index is -0.100. The molecular weight excluding hydrogens is 205 g/mol. The standard InChI is InChI=1S/C13H18FNO/c1-2-10-4-3-5-12(13(10)14)15-11-6-8-16-9-7-11/h3-5,11,15H,2,6-9H2,1H3. The lowest BCUT2D eigenvalue weighted by atomic mass is 10.1. The van der Waals surface area contributed by atoms with E-state index >= 15 is 0 Å². The molecule has 1 heterocycles. The van der Waals surface area contributed by atoms with Crippen LogP contribution in [-0.4, -0.2) is 19.3 Å². The third kappa shape index (κ3) is 2.53. The van der Waals surface area contributed by atoms with Gasteiger partial charge in [0.2, 0.25) is 0 Å². The van der Waals surface area contributed by atoms with Gasteiger partial charge in [0.05, 0.1) is 5.69 Å². The largest absolute Gasteiger partial charge is 0.381 e. The smallest absolute Gasteiger partial charge is 0.149 e. The first kappa shape index (κ1) is 11.4. The monoisotopic (exact) mass is 223 g/mol. The maximum atomic E-state index is 13.9. The van der Waals surface area contributed by atoms with Crippen LogP contribution in [0.25, 0.3) is 0 Å². The van der Waals surface area contributed by atoms with E-state index in [2.05, 4.69) is 5.32 Å². The Morgan fingerprint density at radius 1 is 1.38 bits per heavy atom. The van der Waals surface area contributed by atoms with Crippen LogP contribution in [0.4, 0.5) is 10.1 Å². The molecule has 0 bridgehead atoms. The Labute approximate surface area is 95.8 Å². The third-order valence-electron chi connectivity index (χ3n) is 3.04. The highest BCUT2D eigenvalue weighted by atomic mass is 19.1. The number of ether oxygens (including phenoxy) is 1. The van der Waals surface area contributed by atoms with Gasteiger partial charge in [0, 0.05) is 19.3 Å². The first-order valence-electron chi connectivity index (χ1n) is 5.93. The zero-order valence-electron chi connectivity index (χ0n) is 9.63. The van der Waals surface area contributed by atoms with Crippen molar-refractivity contribution in [2.45, 2.75) is 32.2 Å². The van der Waals surface area contributed by atoms with Gasteiger partial charge in [0.25, 0.3) is 0 Å². The Morgan fingerprint density at radius 2 is 2.12 bits per heavy atom. The van der Waals surface area contributed by atoms with E-state index in [0.717, 1.165) is 38.0 Å². The average molecular weight is 223 g/mol. The molecule has 0 spiro atoms. The fourth-order valence-corrected chi connectivity index (χ4v) is 2.03. The molecule has 1 aliphatic heterocycles. The number of benzene rings is 1. The second kappa shape index (κ2) is 5.30. The summed E-state index contributed by atoms with van der Waals surface area (Å²) in [5.41, 5.74) is 1.41. The molecule has 0 atom stereocenters. The minimum absolute atomic E-state index is 0.100. The molecule has 1 fully saturated rings. The molecule has 0 amide bonds. The van der Waals surface area contributed by atoms with Crippen LogP contribution in [0.2, 0.25) is 0 Å². The first-order chi connectivity index (χ1) is 7.81. The van der Waals surface area contributed by atoms with E-state index < -0.39 is 0 Å². The maximum absolute atomic E-state index is 13.9. The molecule has 2 nitrogen and oxygen atoms in total. The summed E-state index contributed by atoms with van der Waals surface area (Å²) in [7, 11) is 0. The highest BCUT2D eigenvalue weighted by molar-refractivity contribution is 5.48. The fourth-order valence-electron chi connectivity index (χ4n) is 2.03. The third-order valence-corrected chi connectivity index (χ3v) is 3.04. The molecule has 0 aliphatic carbocycles. The van der Waals surface area contributed by atoms with Gasteiger partial charge in [0.15, 0.2) is 0 Å². The number of nitrogens with one attached hydrogen (secondary N) is 1. The second-order valence-electron chi connectivity index (χ2n) is 4.16. The van der Waals surface area contributed by atoms with Gasteiger partial charge >= 0.3 is 0 Å². The molecule has 1 N–H and O–H groups in total. The Morgan fingerprint density at radius 3 is 2.81 bits per heavy atom. The summed E-state index contributed by atoms with van der Waals surface area (Å²) in [5, 5.41) is 3.27. The number of hydrogen-bond donors (Lipinski definition) is 1. The lowest BCUT2D eigenvalue weighted by molar-refractivity contribution is 0.0904. The van der Waals surface area contributed by atoms with Crippen LogP contribution < -0.4 is 5.32 Å². The molecule has 3 heteroatoms. The summed E-state index contributed by atoms with van der Waals surface area (Å²) in [4.78, 5) is 0. The number of rotatable bonds is 3. The predicted octanol–water partition coefficient (Wildman–Crippen LogP) is 2.98. The van der Waals surface area contributed by atoms with Crippen molar-refractivity contribution in [1.82, 2.24) is 0 Å². The van der Waals surface area contributed by atoms with Crippen molar-refractivity contribution in [3.05, 3.63) is 29.6 Å². The summed E-state index contributed by atoms with van der Waals surface area (Å²) < 4.78 is 19.2. The van der Waals surface area contributed by atoms with E-state index in [1.807, 2.05) is 25.1 Å². The Balaban J connectivity index is 2.08. The molecule has 0 aromatic heterocycles. The topological polar surface area (TPSA) is 21.3 Å². The van der Waals surface area contributed by atoms with E-state index in [4.69, 9.17) is 4.74 Å². The highest BCUT2D eigenvalue weighted by Gasteiger charge is 2.15. The SMILES string of the molecule is CCc1cccc(NC2CCOCC2)c1F. The Bertz CT molecular complexity index is 348. The maximum Gasteiger partial charge on any atom is 0.149 e. The number of aryl methyl sites for hydroxylation is 1. The molecule has 0 unspecified atom stereocenters. The molecule has 0 radical (unpaired) electrons. The van der Waals surface area contributed by atoms with Crippen LogP contribution >= 0.6 is 0 Å². The zero-order valence-corrected chi connectivity index (χ0v) is 9.63. The van der Waals surface area contributed by atoms with Crippen molar-refractivity contribution in [1.29, 1.82) is 0 Å². The lowest BCUT2D eigenvalue weighted by Gasteiger charge is -2.24. The lowest BCUT2D eigenvalue weighted by Crippen LogP contribution is -2.28. The Kier molecular flexibility index (Phi) is 3.78. The number of hydrogen-bond acceptors (Lipinski definition) is 2. The van der Waals surface area contributed by atoms with Crippen LogP contribution in [-0.2, 0) is 11.2 Å². The number of halogens is 1. The van der Waals surface area contributed by atoms with Crippen molar-refractivity contribution < 1.29 is 9.13 Å². The first-order valence-corrected chi connectivity index (χ1v) is 5.93. The van der Waals surface area contributed by atoms with E-state index in [-0.39, 0.29) is 5.82 Å². The predicted molar refractivity (Wildman–Crippen MR) is 63.2 cm³/mol. The van der Waals surface area contributed by atoms with Crippen molar-refractivity contribution >= 4 is 5.69 Å². The van der Waals surface area contributed by atoms with Gasteiger partial charge in [-0.25, -0.2) is 4.39 Å². The molecule has 1 aromatic rings. The van der Waals surface area contributed by atoms with Gasteiger partial charge < -0.3 is 10.1 Å². The van der Waals surface area contributed by atoms with Gasteiger partial charge in [-0.05, 0) is 30.9 Å². The molecule has 2 rings (SSSR count). The minimum Gasteiger partial charge on any atom is -0.381 e. The van der Waals surface area contributed by atoms with Crippen LogP contribution in [0.3, 0.4) is 0 Å². The summed E-state index contributed by atoms with van der Waals surface area (Å²) in [5.74, 6) is -0.100. The molecule has 1 aromatic carbocycles. The number of anilines is 1. The van der Waals surface area contributed by atoms with Crippen molar-refractivity contribution in [2.75, 3.05) is 18.5 Å². The molecule has 1 aliphatic rings. The zero-order chi connectivity index (χ0) is 11.4. The Hall–Kier alpha value is -1.09. The van der Waals surface area contributed by atoms with Crippen molar-refractivity contribution in [3.8, 4) is 0 Å². The van der Waals surface area contributed by atoms with Gasteiger partial charge in [-0.2, -0.15) is 0 Å². The van der Waals surface area contributed by atoms with E-state index in [9.17, 15) is 4.39 Å². The normalized spacial score (nSPS) is 17.4. The van der Waals surface area contributed by atoms with Crippen LogP contribution in [0.15, 0.2) is 18.2 Å². The van der Waals surface area contributed by atoms with E-state index in [1.165, 1.54) is 0 Å². The van der Waals surface area contributed by atoms with E-state index in [0.29, 0.717) is 11.7 Å². The van der Waals surface area contributed by atoms with Gasteiger partial charge in [-0.15, -0.1) is 0 Å². The highest BCUT2D eigenvalue weighted by Crippen LogP contribution is 2.21. The van der Waals surface area contributed by atoms with Gasteiger partial charge in [-0.3, -0.25) is 0 Å².